The number of rotatable bonds is 5. The highest BCUT2D eigenvalue weighted by molar-refractivity contribution is 5.95. The Kier molecular flexibility index (Phi) is 5.29. The molecule has 0 radical (unpaired) electrons. The van der Waals surface area contributed by atoms with Gasteiger partial charge in [-0.15, -0.1) is 0 Å². The van der Waals surface area contributed by atoms with Crippen LogP contribution in [0.1, 0.15) is 34.3 Å². The van der Waals surface area contributed by atoms with Crippen molar-refractivity contribution < 1.29 is 18.8 Å². The predicted octanol–water partition coefficient (Wildman–Crippen LogP) is 2.09. The lowest BCUT2D eigenvalue weighted by atomic mass is 10.1. The summed E-state index contributed by atoms with van der Waals surface area (Å²) in [5, 5.41) is 2.70. The fraction of sp³-hybridized carbons (Fsp3) is 0.318. The fourth-order valence-corrected chi connectivity index (χ4v) is 3.90. The molecule has 7 heteroatoms. The summed E-state index contributed by atoms with van der Waals surface area (Å²) in [4.78, 5) is 40.4. The highest BCUT2D eigenvalue weighted by Crippen LogP contribution is 2.24. The molecule has 1 N–H and O–H groups in total. The first kappa shape index (κ1) is 19.1. The van der Waals surface area contributed by atoms with E-state index >= 15 is 0 Å². The van der Waals surface area contributed by atoms with Gasteiger partial charge in [-0.2, -0.15) is 0 Å². The van der Waals surface area contributed by atoms with E-state index in [1.807, 2.05) is 0 Å². The Morgan fingerprint density at radius 1 is 1.10 bits per heavy atom. The molecule has 2 heterocycles. The molecule has 29 heavy (non-hydrogen) atoms. The summed E-state index contributed by atoms with van der Waals surface area (Å²) in [7, 11) is 0. The standard InChI is InChI=1S/C22H22FN3O3/c23-18-5-2-1-4-17(18)12-24-21(28)16-9-7-15(8-10-16)13-25-14-20(27)26-11-3-6-19(26)22(25)29/h1-2,4-5,7-10,19H,3,6,11-14H2,(H,24,28)/t19-/m1/s1. The van der Waals surface area contributed by atoms with E-state index in [1.54, 1.807) is 52.3 Å². The molecule has 2 saturated heterocycles. The normalized spacial score (nSPS) is 18.7. The third-order valence-corrected chi connectivity index (χ3v) is 5.48. The molecule has 0 aliphatic carbocycles. The zero-order valence-corrected chi connectivity index (χ0v) is 15.9. The van der Waals surface area contributed by atoms with Crippen LogP contribution >= 0.6 is 0 Å². The lowest BCUT2D eigenvalue weighted by Crippen LogP contribution is -2.56. The smallest absolute Gasteiger partial charge is 0.251 e. The van der Waals surface area contributed by atoms with Crippen LogP contribution in [0.2, 0.25) is 0 Å². The zero-order chi connectivity index (χ0) is 20.4. The van der Waals surface area contributed by atoms with Crippen molar-refractivity contribution in [3.8, 4) is 0 Å². The lowest BCUT2D eigenvalue weighted by Gasteiger charge is -2.36. The van der Waals surface area contributed by atoms with Crippen molar-refractivity contribution >= 4 is 17.7 Å². The zero-order valence-electron chi connectivity index (χ0n) is 15.9. The summed E-state index contributed by atoms with van der Waals surface area (Å²) in [5.41, 5.74) is 1.73. The van der Waals surface area contributed by atoms with Gasteiger partial charge in [0.1, 0.15) is 18.4 Å². The maximum absolute atomic E-state index is 13.6. The molecule has 0 spiro atoms. The first-order valence-electron chi connectivity index (χ1n) is 9.72. The van der Waals surface area contributed by atoms with E-state index in [0.29, 0.717) is 24.2 Å². The van der Waals surface area contributed by atoms with Crippen molar-refractivity contribution in [2.75, 3.05) is 13.1 Å². The molecule has 2 aromatic carbocycles. The van der Waals surface area contributed by atoms with Crippen molar-refractivity contribution in [2.45, 2.75) is 32.0 Å². The van der Waals surface area contributed by atoms with E-state index in [4.69, 9.17) is 0 Å². The Hall–Kier alpha value is -3.22. The number of carbonyl (C=O) groups is 3. The third kappa shape index (κ3) is 3.99. The Balaban J connectivity index is 1.36. The van der Waals surface area contributed by atoms with Gasteiger partial charge >= 0.3 is 0 Å². The third-order valence-electron chi connectivity index (χ3n) is 5.48. The van der Waals surface area contributed by atoms with Gasteiger partial charge in [0.05, 0.1) is 0 Å². The average molecular weight is 395 g/mol. The Morgan fingerprint density at radius 3 is 2.62 bits per heavy atom. The van der Waals surface area contributed by atoms with Crippen LogP contribution in [-0.4, -0.2) is 46.7 Å². The minimum Gasteiger partial charge on any atom is -0.348 e. The highest BCUT2D eigenvalue weighted by Gasteiger charge is 2.41. The second-order valence-corrected chi connectivity index (χ2v) is 7.41. The lowest BCUT2D eigenvalue weighted by molar-refractivity contribution is -0.154. The molecule has 2 aliphatic heterocycles. The number of fused-ring (bicyclic) bond motifs is 1. The molecule has 3 amide bonds. The van der Waals surface area contributed by atoms with Crippen molar-refractivity contribution in [1.29, 1.82) is 0 Å². The van der Waals surface area contributed by atoms with Crippen LogP contribution in [0.3, 0.4) is 0 Å². The quantitative estimate of drug-likeness (QED) is 0.843. The van der Waals surface area contributed by atoms with Crippen LogP contribution in [0, 0.1) is 5.82 Å². The van der Waals surface area contributed by atoms with Gasteiger partial charge in [-0.25, -0.2) is 4.39 Å². The monoisotopic (exact) mass is 395 g/mol. The molecule has 0 aromatic heterocycles. The average Bonchev–Trinajstić information content (AvgIpc) is 3.22. The number of benzene rings is 2. The number of hydrogen-bond donors (Lipinski definition) is 1. The van der Waals surface area contributed by atoms with Crippen molar-refractivity contribution in [1.82, 2.24) is 15.1 Å². The molecular weight excluding hydrogens is 373 g/mol. The number of amides is 3. The number of nitrogens with one attached hydrogen (secondary N) is 1. The van der Waals surface area contributed by atoms with Gasteiger partial charge in [0.25, 0.3) is 5.91 Å². The van der Waals surface area contributed by atoms with Crippen LogP contribution in [0.25, 0.3) is 0 Å². The van der Waals surface area contributed by atoms with Crippen molar-refractivity contribution in [3.63, 3.8) is 0 Å². The molecule has 150 valence electrons. The van der Waals surface area contributed by atoms with E-state index in [9.17, 15) is 18.8 Å². The Morgan fingerprint density at radius 2 is 1.86 bits per heavy atom. The van der Waals surface area contributed by atoms with Gasteiger partial charge in [0.2, 0.25) is 11.8 Å². The molecule has 6 nitrogen and oxygen atoms in total. The molecule has 2 fully saturated rings. The Labute approximate surface area is 168 Å². The molecule has 2 aliphatic rings. The van der Waals surface area contributed by atoms with Crippen molar-refractivity contribution in [2.24, 2.45) is 0 Å². The molecule has 0 bridgehead atoms. The number of nitrogens with zero attached hydrogens (tertiary/aromatic N) is 2. The summed E-state index contributed by atoms with van der Waals surface area (Å²) < 4.78 is 13.6. The van der Waals surface area contributed by atoms with Crippen LogP contribution in [0.5, 0.6) is 0 Å². The van der Waals surface area contributed by atoms with Crippen molar-refractivity contribution in [3.05, 3.63) is 71.0 Å². The maximum Gasteiger partial charge on any atom is 0.251 e. The summed E-state index contributed by atoms with van der Waals surface area (Å²) in [6.45, 7) is 1.21. The fourth-order valence-electron chi connectivity index (χ4n) is 3.90. The van der Waals surface area contributed by atoms with E-state index in [2.05, 4.69) is 5.32 Å². The van der Waals surface area contributed by atoms with Crippen LogP contribution in [0.4, 0.5) is 4.39 Å². The molecule has 0 unspecified atom stereocenters. The van der Waals surface area contributed by atoms with E-state index in [1.165, 1.54) is 6.07 Å². The molecule has 0 saturated carbocycles. The highest BCUT2D eigenvalue weighted by atomic mass is 19.1. The second kappa shape index (κ2) is 8.03. The second-order valence-electron chi connectivity index (χ2n) is 7.41. The van der Waals surface area contributed by atoms with Gasteiger partial charge in [0.15, 0.2) is 0 Å². The largest absolute Gasteiger partial charge is 0.348 e. The number of halogens is 1. The van der Waals surface area contributed by atoms with E-state index in [-0.39, 0.29) is 42.7 Å². The van der Waals surface area contributed by atoms with Gasteiger partial charge in [-0.3, -0.25) is 14.4 Å². The predicted molar refractivity (Wildman–Crippen MR) is 104 cm³/mol. The van der Waals surface area contributed by atoms with Gasteiger partial charge in [0, 0.05) is 30.8 Å². The minimum absolute atomic E-state index is 0.00348. The SMILES string of the molecule is O=C(NCc1ccccc1F)c1ccc(CN2CC(=O)N3CCC[C@@H]3C2=O)cc1. The molecule has 2 aromatic rings. The summed E-state index contributed by atoms with van der Waals surface area (Å²) >= 11 is 0. The van der Waals surface area contributed by atoms with Crippen LogP contribution < -0.4 is 5.32 Å². The van der Waals surface area contributed by atoms with E-state index < -0.39 is 0 Å². The topological polar surface area (TPSA) is 69.7 Å². The van der Waals surface area contributed by atoms with Gasteiger partial charge < -0.3 is 15.1 Å². The van der Waals surface area contributed by atoms with Gasteiger partial charge in [-0.1, -0.05) is 30.3 Å². The summed E-state index contributed by atoms with van der Waals surface area (Å²) in [5.74, 6) is -0.666. The number of piperazine rings is 1. The number of hydrogen-bond acceptors (Lipinski definition) is 3. The first-order valence-corrected chi connectivity index (χ1v) is 9.72. The molecule has 1 atom stereocenters. The maximum atomic E-state index is 13.6. The summed E-state index contributed by atoms with van der Waals surface area (Å²) in [6, 6.07) is 12.9. The first-order chi connectivity index (χ1) is 14.0. The number of carbonyl (C=O) groups excluding carboxylic acids is 3. The molecule has 4 rings (SSSR count). The van der Waals surface area contributed by atoms with Crippen LogP contribution in [-0.2, 0) is 22.7 Å². The van der Waals surface area contributed by atoms with Gasteiger partial charge in [-0.05, 0) is 36.6 Å². The van der Waals surface area contributed by atoms with E-state index in [0.717, 1.165) is 18.4 Å². The Bertz CT molecular complexity index is 945. The summed E-state index contributed by atoms with van der Waals surface area (Å²) in [6.07, 6.45) is 1.59. The van der Waals surface area contributed by atoms with Crippen LogP contribution in [0.15, 0.2) is 48.5 Å². The molecular formula is C22H22FN3O3. The minimum atomic E-state index is -0.357.